The molecule has 116 valence electrons. The minimum atomic E-state index is -0.388. The van der Waals surface area contributed by atoms with Gasteiger partial charge in [-0.3, -0.25) is 4.79 Å². The molecule has 3 aliphatic rings. The first-order valence-electron chi connectivity index (χ1n) is 8.27. The van der Waals surface area contributed by atoms with Crippen molar-refractivity contribution in [3.05, 3.63) is 29.3 Å². The molecule has 2 aliphatic carbocycles. The zero-order valence-electron chi connectivity index (χ0n) is 13.9. The largest absolute Gasteiger partial charge is 0.494 e. The van der Waals surface area contributed by atoms with E-state index in [0.717, 1.165) is 30.3 Å². The molecule has 1 aliphatic heterocycles. The third-order valence-electron chi connectivity index (χ3n) is 6.23. The summed E-state index contributed by atoms with van der Waals surface area (Å²) in [6.45, 7) is 8.20. The molecule has 3 nitrogen and oxygen atoms in total. The highest BCUT2D eigenvalue weighted by atomic mass is 16.7. The van der Waals surface area contributed by atoms with Crippen molar-refractivity contribution in [1.29, 1.82) is 0 Å². The average Bonchev–Trinajstić information content (AvgIpc) is 2.81. The SMILES string of the molecule is CC1(C)OB(c2ccc3c(c2)C(=O)C2(CCC2)C3)OC1(C)C. The summed E-state index contributed by atoms with van der Waals surface area (Å²) in [5.74, 6) is 0.340. The molecule has 1 aromatic carbocycles. The smallest absolute Gasteiger partial charge is 0.399 e. The maximum atomic E-state index is 12.7. The van der Waals surface area contributed by atoms with E-state index in [1.807, 2.05) is 6.07 Å². The summed E-state index contributed by atoms with van der Waals surface area (Å²) in [6.07, 6.45) is 4.20. The molecular formula is C18H23BO3. The Morgan fingerprint density at radius 2 is 1.68 bits per heavy atom. The number of fused-ring (bicyclic) bond motifs is 1. The van der Waals surface area contributed by atoms with E-state index in [-0.39, 0.29) is 23.7 Å². The van der Waals surface area contributed by atoms with Crippen LogP contribution in [0.15, 0.2) is 18.2 Å². The number of hydrogen-bond donors (Lipinski definition) is 0. The van der Waals surface area contributed by atoms with Gasteiger partial charge < -0.3 is 9.31 Å². The Morgan fingerprint density at radius 1 is 1.05 bits per heavy atom. The van der Waals surface area contributed by atoms with E-state index >= 15 is 0 Å². The Hall–Kier alpha value is -1.13. The van der Waals surface area contributed by atoms with Crippen molar-refractivity contribution in [1.82, 2.24) is 0 Å². The van der Waals surface area contributed by atoms with Crippen molar-refractivity contribution in [2.45, 2.75) is 64.6 Å². The Morgan fingerprint density at radius 3 is 2.23 bits per heavy atom. The highest BCUT2D eigenvalue weighted by Gasteiger charge is 2.53. The standard InChI is InChI=1S/C18H23BO3/c1-16(2)17(3,4)22-19(21-16)13-7-6-12-11-18(8-5-9-18)15(20)14(12)10-13/h6-7,10H,5,8-9,11H2,1-4H3. The molecule has 0 atom stereocenters. The molecule has 1 aromatic rings. The van der Waals surface area contributed by atoms with Gasteiger partial charge in [0.1, 0.15) is 0 Å². The molecule has 2 fully saturated rings. The Bertz CT molecular complexity index is 642. The quantitative estimate of drug-likeness (QED) is 0.748. The van der Waals surface area contributed by atoms with E-state index in [2.05, 4.69) is 39.8 Å². The molecule has 0 radical (unpaired) electrons. The lowest BCUT2D eigenvalue weighted by Gasteiger charge is -2.36. The van der Waals surface area contributed by atoms with Crippen molar-refractivity contribution >= 4 is 18.4 Å². The van der Waals surface area contributed by atoms with Crippen LogP contribution >= 0.6 is 0 Å². The zero-order chi connectivity index (χ0) is 15.8. The zero-order valence-corrected chi connectivity index (χ0v) is 13.9. The normalized spacial score (nSPS) is 27.1. The minimum absolute atomic E-state index is 0.0725. The molecule has 4 heteroatoms. The van der Waals surface area contributed by atoms with Crippen molar-refractivity contribution < 1.29 is 14.1 Å². The Kier molecular flexibility index (Phi) is 2.79. The first-order chi connectivity index (χ1) is 10.2. The van der Waals surface area contributed by atoms with Gasteiger partial charge in [0.05, 0.1) is 11.2 Å². The van der Waals surface area contributed by atoms with Crippen LogP contribution in [-0.2, 0) is 15.7 Å². The number of carbonyl (C=O) groups is 1. The van der Waals surface area contributed by atoms with E-state index in [4.69, 9.17) is 9.31 Å². The van der Waals surface area contributed by atoms with Gasteiger partial charge in [-0.1, -0.05) is 24.6 Å². The fourth-order valence-electron chi connectivity index (χ4n) is 3.82. The molecule has 0 N–H and O–H groups in total. The number of ketones is 1. The molecule has 1 saturated heterocycles. The third-order valence-corrected chi connectivity index (χ3v) is 6.23. The molecule has 0 bridgehead atoms. The second kappa shape index (κ2) is 4.24. The Balaban J connectivity index is 1.66. The molecule has 1 heterocycles. The lowest BCUT2D eigenvalue weighted by Crippen LogP contribution is -2.41. The van der Waals surface area contributed by atoms with Crippen LogP contribution in [0.1, 0.15) is 62.9 Å². The van der Waals surface area contributed by atoms with Gasteiger partial charge in [-0.2, -0.15) is 0 Å². The number of rotatable bonds is 1. The molecule has 1 saturated carbocycles. The second-order valence-electron chi connectivity index (χ2n) is 8.14. The van der Waals surface area contributed by atoms with Crippen molar-refractivity contribution in [2.75, 3.05) is 0 Å². The summed E-state index contributed by atoms with van der Waals surface area (Å²) in [7, 11) is -0.388. The van der Waals surface area contributed by atoms with Crippen LogP contribution in [-0.4, -0.2) is 24.1 Å². The first-order valence-corrected chi connectivity index (χ1v) is 8.27. The van der Waals surface area contributed by atoms with Gasteiger partial charge in [0.25, 0.3) is 0 Å². The summed E-state index contributed by atoms with van der Waals surface area (Å²) in [4.78, 5) is 12.7. The van der Waals surface area contributed by atoms with Crippen LogP contribution in [0.25, 0.3) is 0 Å². The molecule has 0 amide bonds. The minimum Gasteiger partial charge on any atom is -0.399 e. The van der Waals surface area contributed by atoms with Gasteiger partial charge in [0, 0.05) is 11.0 Å². The predicted octanol–water partition coefficient (Wildman–Crippen LogP) is 2.89. The number of carbonyl (C=O) groups excluding carboxylic acids is 1. The van der Waals surface area contributed by atoms with E-state index in [0.29, 0.717) is 5.78 Å². The summed E-state index contributed by atoms with van der Waals surface area (Å²) < 4.78 is 12.2. The average molecular weight is 298 g/mol. The monoisotopic (exact) mass is 298 g/mol. The Labute approximate surface area is 132 Å². The van der Waals surface area contributed by atoms with Crippen LogP contribution in [0.5, 0.6) is 0 Å². The lowest BCUT2D eigenvalue weighted by atomic mass is 9.66. The van der Waals surface area contributed by atoms with Crippen LogP contribution in [0.2, 0.25) is 0 Å². The van der Waals surface area contributed by atoms with Gasteiger partial charge in [-0.05, 0) is 58.0 Å². The van der Waals surface area contributed by atoms with E-state index < -0.39 is 0 Å². The topological polar surface area (TPSA) is 35.5 Å². The summed E-state index contributed by atoms with van der Waals surface area (Å²) in [5.41, 5.74) is 2.28. The molecule has 4 rings (SSSR count). The number of benzene rings is 1. The summed E-state index contributed by atoms with van der Waals surface area (Å²) >= 11 is 0. The van der Waals surface area contributed by atoms with Gasteiger partial charge >= 0.3 is 7.12 Å². The number of Topliss-reactive ketones (excluding diaryl/α,β-unsaturated/α-hetero) is 1. The third kappa shape index (κ3) is 1.80. The highest BCUT2D eigenvalue weighted by Crippen LogP contribution is 2.50. The molecule has 1 spiro atoms. The molecule has 0 aromatic heterocycles. The number of hydrogen-bond acceptors (Lipinski definition) is 3. The van der Waals surface area contributed by atoms with Crippen LogP contribution in [0.3, 0.4) is 0 Å². The van der Waals surface area contributed by atoms with E-state index in [1.165, 1.54) is 12.0 Å². The maximum Gasteiger partial charge on any atom is 0.494 e. The fraction of sp³-hybridized carbons (Fsp3) is 0.611. The highest BCUT2D eigenvalue weighted by molar-refractivity contribution is 6.62. The van der Waals surface area contributed by atoms with Gasteiger partial charge in [-0.25, -0.2) is 0 Å². The van der Waals surface area contributed by atoms with Gasteiger partial charge in [-0.15, -0.1) is 0 Å². The van der Waals surface area contributed by atoms with Crippen LogP contribution in [0.4, 0.5) is 0 Å². The molecular weight excluding hydrogens is 275 g/mol. The van der Waals surface area contributed by atoms with Crippen molar-refractivity contribution in [3.8, 4) is 0 Å². The van der Waals surface area contributed by atoms with Gasteiger partial charge in [0.2, 0.25) is 0 Å². The molecule has 22 heavy (non-hydrogen) atoms. The molecule has 0 unspecified atom stereocenters. The predicted molar refractivity (Wildman–Crippen MR) is 86.5 cm³/mol. The van der Waals surface area contributed by atoms with E-state index in [1.54, 1.807) is 0 Å². The maximum absolute atomic E-state index is 12.7. The first kappa shape index (κ1) is 14.5. The summed E-state index contributed by atoms with van der Waals surface area (Å²) in [5, 5.41) is 0. The second-order valence-corrected chi connectivity index (χ2v) is 8.14. The van der Waals surface area contributed by atoms with Crippen molar-refractivity contribution in [2.24, 2.45) is 5.41 Å². The van der Waals surface area contributed by atoms with E-state index in [9.17, 15) is 4.79 Å². The van der Waals surface area contributed by atoms with Gasteiger partial charge in [0.15, 0.2) is 5.78 Å². The van der Waals surface area contributed by atoms with Crippen LogP contribution in [0, 0.1) is 5.41 Å². The van der Waals surface area contributed by atoms with Crippen molar-refractivity contribution in [3.63, 3.8) is 0 Å². The van der Waals surface area contributed by atoms with Crippen LogP contribution < -0.4 is 5.46 Å². The summed E-state index contributed by atoms with van der Waals surface area (Å²) in [6, 6.07) is 6.17. The lowest BCUT2D eigenvalue weighted by molar-refractivity contribution is 0.00578. The fourth-order valence-corrected chi connectivity index (χ4v) is 3.82.